The first-order chi connectivity index (χ1) is 17.0. The average molecular weight is 491 g/mol. The maximum Gasteiger partial charge on any atom is 0.245 e. The number of fused-ring (bicyclic) bond motifs is 3. The number of nitrogens with zero attached hydrogens (tertiary/aromatic N) is 5. The van der Waals surface area contributed by atoms with Crippen LogP contribution in [0, 0.1) is 6.92 Å². The van der Waals surface area contributed by atoms with Crippen LogP contribution in [0.1, 0.15) is 31.4 Å². The van der Waals surface area contributed by atoms with Crippen molar-refractivity contribution in [2.75, 3.05) is 10.6 Å². The lowest BCUT2D eigenvalue weighted by atomic mass is 9.99. The lowest BCUT2D eigenvalue weighted by Gasteiger charge is -2.38. The summed E-state index contributed by atoms with van der Waals surface area (Å²) in [5.41, 5.74) is 1.77. The molecule has 180 valence electrons. The number of aromatic amines is 1. The molecule has 0 aromatic carbocycles. The zero-order valence-corrected chi connectivity index (χ0v) is 20.0. The van der Waals surface area contributed by atoms with E-state index in [0.29, 0.717) is 11.6 Å². The van der Waals surface area contributed by atoms with E-state index < -0.39 is 10.0 Å². The van der Waals surface area contributed by atoms with Crippen LogP contribution in [0.2, 0.25) is 0 Å². The van der Waals surface area contributed by atoms with E-state index in [4.69, 9.17) is 4.98 Å². The van der Waals surface area contributed by atoms with Gasteiger partial charge in [0.2, 0.25) is 10.0 Å². The molecule has 0 saturated carbocycles. The molecule has 2 aliphatic rings. The Morgan fingerprint density at radius 2 is 1.86 bits per heavy atom. The summed E-state index contributed by atoms with van der Waals surface area (Å²) in [6, 6.07) is 11.0. The Morgan fingerprint density at radius 1 is 1.06 bits per heavy atom. The molecule has 6 heterocycles. The minimum Gasteiger partial charge on any atom is -0.367 e. The lowest BCUT2D eigenvalue weighted by Crippen LogP contribution is -2.49. The highest BCUT2D eigenvalue weighted by Gasteiger charge is 2.47. The largest absolute Gasteiger partial charge is 0.367 e. The highest BCUT2D eigenvalue weighted by Crippen LogP contribution is 2.41. The van der Waals surface area contributed by atoms with Crippen LogP contribution in [0.15, 0.2) is 59.9 Å². The number of aromatic nitrogens is 5. The fourth-order valence-corrected chi connectivity index (χ4v) is 7.18. The van der Waals surface area contributed by atoms with Gasteiger partial charge >= 0.3 is 0 Å². The van der Waals surface area contributed by atoms with Crippen molar-refractivity contribution in [1.29, 1.82) is 0 Å². The average Bonchev–Trinajstić information content (AvgIpc) is 3.39. The Bertz CT molecular complexity index is 1460. The number of pyridine rings is 3. The number of hydrogen-bond acceptors (Lipinski definition) is 8. The summed E-state index contributed by atoms with van der Waals surface area (Å²) in [7, 11) is -3.57. The van der Waals surface area contributed by atoms with Crippen molar-refractivity contribution in [1.82, 2.24) is 29.5 Å². The van der Waals surface area contributed by atoms with E-state index in [2.05, 4.69) is 30.8 Å². The van der Waals surface area contributed by atoms with Crippen LogP contribution in [0.5, 0.6) is 0 Å². The van der Waals surface area contributed by atoms with Gasteiger partial charge in [-0.15, -0.1) is 0 Å². The second-order valence-corrected chi connectivity index (χ2v) is 11.1. The number of H-pyrrole nitrogens is 1. The molecule has 2 aliphatic heterocycles. The van der Waals surface area contributed by atoms with Crippen LogP contribution >= 0.6 is 0 Å². The first kappa shape index (κ1) is 21.9. The van der Waals surface area contributed by atoms with Crippen molar-refractivity contribution >= 4 is 38.4 Å². The van der Waals surface area contributed by atoms with Crippen LogP contribution in [0.4, 0.5) is 17.5 Å². The van der Waals surface area contributed by atoms with Crippen molar-refractivity contribution in [3.8, 4) is 0 Å². The number of piperidine rings is 1. The van der Waals surface area contributed by atoms with Gasteiger partial charge in [-0.1, -0.05) is 0 Å². The topological polar surface area (TPSA) is 129 Å². The number of anilines is 3. The van der Waals surface area contributed by atoms with Gasteiger partial charge in [-0.2, -0.15) is 9.40 Å². The third-order valence-electron chi connectivity index (χ3n) is 6.78. The maximum atomic E-state index is 13.3. The minimum absolute atomic E-state index is 0.0471. The smallest absolute Gasteiger partial charge is 0.245 e. The summed E-state index contributed by atoms with van der Waals surface area (Å²) in [6.45, 7) is 1.94. The monoisotopic (exact) mass is 490 g/mol. The highest BCUT2D eigenvalue weighted by atomic mass is 32.2. The van der Waals surface area contributed by atoms with Crippen LogP contribution in [0.3, 0.4) is 0 Å². The Hall–Kier alpha value is -3.57. The molecule has 6 rings (SSSR count). The molecule has 4 aromatic rings. The molecule has 11 heteroatoms. The molecule has 2 saturated heterocycles. The summed E-state index contributed by atoms with van der Waals surface area (Å²) >= 11 is 0. The zero-order valence-electron chi connectivity index (χ0n) is 19.2. The molecule has 10 nitrogen and oxygen atoms in total. The zero-order chi connectivity index (χ0) is 24.0. The number of nitrogens with one attached hydrogen (secondary N) is 3. The molecule has 0 spiro atoms. The number of aryl methyl sites for hydroxylation is 1. The van der Waals surface area contributed by atoms with Crippen molar-refractivity contribution < 1.29 is 8.42 Å². The Balaban J connectivity index is 1.26. The summed E-state index contributed by atoms with van der Waals surface area (Å²) < 4.78 is 28.4. The fraction of sp³-hybridized carbons (Fsp3) is 0.333. The summed E-state index contributed by atoms with van der Waals surface area (Å²) in [5.74, 6) is 2.06. The van der Waals surface area contributed by atoms with Crippen molar-refractivity contribution in [3.63, 3.8) is 0 Å². The van der Waals surface area contributed by atoms with Gasteiger partial charge in [0.05, 0.1) is 5.52 Å². The number of hydrogen-bond donors (Lipinski definition) is 3. The van der Waals surface area contributed by atoms with Crippen LogP contribution in [-0.2, 0) is 10.0 Å². The lowest BCUT2D eigenvalue weighted by molar-refractivity contribution is 0.234. The molecule has 35 heavy (non-hydrogen) atoms. The quantitative estimate of drug-likeness (QED) is 0.374. The second-order valence-electron chi connectivity index (χ2n) is 9.21. The Kier molecular flexibility index (Phi) is 5.37. The first-order valence-corrected chi connectivity index (χ1v) is 13.2. The van der Waals surface area contributed by atoms with Gasteiger partial charge in [0.15, 0.2) is 5.82 Å². The Morgan fingerprint density at radius 3 is 2.57 bits per heavy atom. The highest BCUT2D eigenvalue weighted by molar-refractivity contribution is 7.89. The van der Waals surface area contributed by atoms with Crippen LogP contribution in [0.25, 0.3) is 10.9 Å². The molecule has 3 N–H and O–H groups in total. The van der Waals surface area contributed by atoms with Crippen LogP contribution in [-0.4, -0.2) is 56.0 Å². The van der Waals surface area contributed by atoms with Crippen LogP contribution < -0.4 is 10.6 Å². The molecular weight excluding hydrogens is 464 g/mol. The van der Waals surface area contributed by atoms with Crippen molar-refractivity contribution in [2.24, 2.45) is 0 Å². The number of rotatable bonds is 6. The SMILES string of the molecule is Cc1cc(Nc2cc3ncccc3c(NC3CC4CCC(C3)N4S(=O)(=O)c3cccnc3)n2)n[nH]1. The van der Waals surface area contributed by atoms with Gasteiger partial charge < -0.3 is 10.6 Å². The molecule has 4 aromatic heterocycles. The fourth-order valence-electron chi connectivity index (χ4n) is 5.32. The predicted molar refractivity (Wildman–Crippen MR) is 133 cm³/mol. The van der Waals surface area contributed by atoms with Gasteiger partial charge in [0.1, 0.15) is 16.5 Å². The molecular formula is C24H26N8O2S. The number of sulfonamides is 1. The van der Waals surface area contributed by atoms with E-state index in [1.165, 1.54) is 6.20 Å². The van der Waals surface area contributed by atoms with Gasteiger partial charge in [-0.25, -0.2) is 13.4 Å². The van der Waals surface area contributed by atoms with E-state index in [9.17, 15) is 8.42 Å². The molecule has 2 fully saturated rings. The maximum absolute atomic E-state index is 13.3. The third kappa shape index (κ3) is 4.10. The normalized spacial score (nSPS) is 22.4. The van der Waals surface area contributed by atoms with E-state index in [-0.39, 0.29) is 23.0 Å². The molecule has 2 bridgehead atoms. The predicted octanol–water partition coefficient (Wildman–Crippen LogP) is 3.60. The van der Waals surface area contributed by atoms with Gasteiger partial charge in [-0.05, 0) is 56.9 Å². The Labute approximate surface area is 203 Å². The molecule has 2 atom stereocenters. The molecule has 0 amide bonds. The molecule has 0 radical (unpaired) electrons. The minimum atomic E-state index is -3.57. The van der Waals surface area contributed by atoms with Gasteiger partial charge in [0, 0.05) is 59.9 Å². The first-order valence-electron chi connectivity index (χ1n) is 11.7. The van der Waals surface area contributed by atoms with E-state index in [1.807, 2.05) is 31.2 Å². The molecule has 0 aliphatic carbocycles. The standard InChI is InChI=1S/C24H26N8O2S/c1-15-10-23(31-30-15)28-22-13-21-20(5-3-9-26-21)24(29-22)27-16-11-17-6-7-18(12-16)32(17)35(33,34)19-4-2-8-25-14-19/h2-5,8-10,13-14,16-18H,6-7,11-12H2,1H3,(H3,27,28,29,30,31). The molecule has 2 unspecified atom stereocenters. The van der Waals surface area contributed by atoms with E-state index >= 15 is 0 Å². The third-order valence-corrected chi connectivity index (χ3v) is 8.77. The summed E-state index contributed by atoms with van der Waals surface area (Å²) in [6.07, 6.45) is 7.94. The van der Waals surface area contributed by atoms with Crippen molar-refractivity contribution in [3.05, 3.63) is 60.7 Å². The van der Waals surface area contributed by atoms with E-state index in [0.717, 1.165) is 48.1 Å². The van der Waals surface area contributed by atoms with Gasteiger partial charge in [0.25, 0.3) is 0 Å². The summed E-state index contributed by atoms with van der Waals surface area (Å²) in [4.78, 5) is 13.6. The second kappa shape index (κ2) is 8.58. The van der Waals surface area contributed by atoms with E-state index in [1.54, 1.807) is 28.8 Å². The van der Waals surface area contributed by atoms with Crippen molar-refractivity contribution in [2.45, 2.75) is 55.6 Å². The van der Waals surface area contributed by atoms with Gasteiger partial charge in [-0.3, -0.25) is 15.1 Å². The summed E-state index contributed by atoms with van der Waals surface area (Å²) in [5, 5.41) is 14.9.